The van der Waals surface area contributed by atoms with Gasteiger partial charge in [-0.2, -0.15) is 0 Å². The Labute approximate surface area is 99.5 Å². The highest BCUT2D eigenvalue weighted by atomic mass is 32.2. The number of aliphatic carboxylic acids is 1. The average molecular weight is 240 g/mol. The zero-order valence-corrected chi connectivity index (χ0v) is 10.0. The maximum atomic E-state index is 10.8. The molecule has 0 aliphatic carbocycles. The molecule has 88 valence electrons. The first kappa shape index (κ1) is 13.0. The Hall–Kier alpha value is -1.07. The number of hydrogen-bond acceptors (Lipinski definition) is 4. The van der Waals surface area contributed by atoms with Crippen molar-refractivity contribution in [2.45, 2.75) is 24.4 Å². The molecule has 0 saturated carbocycles. The van der Waals surface area contributed by atoms with Crippen molar-refractivity contribution in [2.75, 3.05) is 12.3 Å². The van der Waals surface area contributed by atoms with Crippen molar-refractivity contribution in [1.82, 2.24) is 10.3 Å². The van der Waals surface area contributed by atoms with E-state index in [4.69, 9.17) is 5.11 Å². The van der Waals surface area contributed by atoms with E-state index >= 15 is 0 Å². The number of carbonyl (C=O) groups is 1. The number of carboxylic acid groups (broad SMARTS) is 1. The number of pyridine rings is 1. The maximum Gasteiger partial charge on any atom is 0.320 e. The largest absolute Gasteiger partial charge is 0.480 e. The van der Waals surface area contributed by atoms with Crippen LogP contribution in [0.4, 0.5) is 0 Å². The zero-order chi connectivity index (χ0) is 11.8. The number of likely N-dealkylation sites (N-methyl/N-ethyl adjacent to an activating group) is 1. The standard InChI is InChI=1S/C11H16N2O2S/c1-2-12-9(11(14)15)6-8-16-10-5-3-4-7-13-10/h3-5,7,9,12H,2,6,8H2,1H3,(H,14,15). The molecule has 0 spiro atoms. The summed E-state index contributed by atoms with van der Waals surface area (Å²) in [4.78, 5) is 15.0. The summed E-state index contributed by atoms with van der Waals surface area (Å²) in [5.41, 5.74) is 0. The first-order chi connectivity index (χ1) is 7.74. The minimum Gasteiger partial charge on any atom is -0.480 e. The Kier molecular flexibility index (Phi) is 5.88. The lowest BCUT2D eigenvalue weighted by Crippen LogP contribution is -2.36. The van der Waals surface area contributed by atoms with Crippen LogP contribution in [0, 0.1) is 0 Å². The number of nitrogens with one attached hydrogen (secondary N) is 1. The van der Waals surface area contributed by atoms with Crippen LogP contribution in [-0.4, -0.2) is 34.4 Å². The summed E-state index contributed by atoms with van der Waals surface area (Å²) < 4.78 is 0. The summed E-state index contributed by atoms with van der Waals surface area (Å²) in [6.45, 7) is 2.58. The van der Waals surface area contributed by atoms with Crippen LogP contribution in [0.25, 0.3) is 0 Å². The summed E-state index contributed by atoms with van der Waals surface area (Å²) in [6.07, 6.45) is 2.34. The Bertz CT molecular complexity index is 319. The SMILES string of the molecule is CCNC(CCSc1ccccn1)C(=O)O. The van der Waals surface area contributed by atoms with E-state index in [0.717, 1.165) is 10.8 Å². The van der Waals surface area contributed by atoms with E-state index < -0.39 is 12.0 Å². The number of hydrogen-bond donors (Lipinski definition) is 2. The zero-order valence-electron chi connectivity index (χ0n) is 9.22. The highest BCUT2D eigenvalue weighted by Gasteiger charge is 2.15. The van der Waals surface area contributed by atoms with Crippen molar-refractivity contribution in [1.29, 1.82) is 0 Å². The fourth-order valence-corrected chi connectivity index (χ4v) is 2.15. The minimum absolute atomic E-state index is 0.457. The third-order valence-electron chi connectivity index (χ3n) is 2.04. The van der Waals surface area contributed by atoms with Gasteiger partial charge in [0.15, 0.2) is 0 Å². The number of nitrogens with zero attached hydrogens (tertiary/aromatic N) is 1. The van der Waals surface area contributed by atoms with Crippen molar-refractivity contribution in [2.24, 2.45) is 0 Å². The van der Waals surface area contributed by atoms with Crippen LogP contribution in [0.2, 0.25) is 0 Å². The number of aromatic nitrogens is 1. The molecule has 0 saturated heterocycles. The molecule has 16 heavy (non-hydrogen) atoms. The van der Waals surface area contributed by atoms with Gasteiger partial charge in [-0.3, -0.25) is 4.79 Å². The summed E-state index contributed by atoms with van der Waals surface area (Å²) >= 11 is 1.58. The molecule has 0 aliphatic rings. The van der Waals surface area contributed by atoms with Crippen molar-refractivity contribution < 1.29 is 9.90 Å². The molecule has 0 aliphatic heterocycles. The molecule has 1 atom stereocenters. The quantitative estimate of drug-likeness (QED) is 0.709. The Morgan fingerprint density at radius 2 is 2.44 bits per heavy atom. The van der Waals surface area contributed by atoms with E-state index in [0.29, 0.717) is 13.0 Å². The lowest BCUT2D eigenvalue weighted by molar-refractivity contribution is -0.139. The summed E-state index contributed by atoms with van der Waals surface area (Å²) in [7, 11) is 0. The Morgan fingerprint density at radius 3 is 3.00 bits per heavy atom. The monoisotopic (exact) mass is 240 g/mol. The van der Waals surface area contributed by atoms with Crippen LogP contribution in [0.3, 0.4) is 0 Å². The number of thioether (sulfide) groups is 1. The molecule has 1 aromatic heterocycles. The number of rotatable bonds is 7. The molecule has 1 rings (SSSR count). The van der Waals surface area contributed by atoms with E-state index in [1.165, 1.54) is 0 Å². The second-order valence-electron chi connectivity index (χ2n) is 3.25. The van der Waals surface area contributed by atoms with Crippen LogP contribution in [0.5, 0.6) is 0 Å². The van der Waals surface area contributed by atoms with E-state index in [-0.39, 0.29) is 0 Å². The fourth-order valence-electron chi connectivity index (χ4n) is 1.27. The minimum atomic E-state index is -0.788. The predicted molar refractivity (Wildman–Crippen MR) is 64.7 cm³/mol. The molecule has 0 bridgehead atoms. The van der Waals surface area contributed by atoms with E-state index in [2.05, 4.69) is 10.3 Å². The topological polar surface area (TPSA) is 62.2 Å². The molecule has 2 N–H and O–H groups in total. The molecular formula is C11H16N2O2S. The molecule has 4 nitrogen and oxygen atoms in total. The molecule has 0 aromatic carbocycles. The van der Waals surface area contributed by atoms with Crippen molar-refractivity contribution >= 4 is 17.7 Å². The van der Waals surface area contributed by atoms with E-state index in [1.54, 1.807) is 18.0 Å². The van der Waals surface area contributed by atoms with Gasteiger partial charge in [-0.25, -0.2) is 4.98 Å². The van der Waals surface area contributed by atoms with Gasteiger partial charge in [-0.1, -0.05) is 13.0 Å². The summed E-state index contributed by atoms with van der Waals surface area (Å²) in [5.74, 6) is -0.0375. The van der Waals surface area contributed by atoms with Gasteiger partial charge in [0.05, 0.1) is 5.03 Å². The van der Waals surface area contributed by atoms with Crippen molar-refractivity contribution in [3.05, 3.63) is 24.4 Å². The normalized spacial score (nSPS) is 12.3. The molecule has 1 unspecified atom stereocenters. The van der Waals surface area contributed by atoms with Crippen LogP contribution >= 0.6 is 11.8 Å². The van der Waals surface area contributed by atoms with Gasteiger partial charge >= 0.3 is 5.97 Å². The highest BCUT2D eigenvalue weighted by Crippen LogP contribution is 2.15. The highest BCUT2D eigenvalue weighted by molar-refractivity contribution is 7.99. The lowest BCUT2D eigenvalue weighted by atomic mass is 10.2. The van der Waals surface area contributed by atoms with Gasteiger partial charge in [-0.05, 0) is 25.1 Å². The molecule has 1 heterocycles. The van der Waals surface area contributed by atoms with Gasteiger partial charge in [0.2, 0.25) is 0 Å². The molecule has 0 radical (unpaired) electrons. The second-order valence-corrected chi connectivity index (χ2v) is 4.37. The second kappa shape index (κ2) is 7.24. The van der Waals surface area contributed by atoms with Crippen LogP contribution in [0.1, 0.15) is 13.3 Å². The van der Waals surface area contributed by atoms with Crippen molar-refractivity contribution in [3.63, 3.8) is 0 Å². The van der Waals surface area contributed by atoms with Gasteiger partial charge in [-0.15, -0.1) is 11.8 Å². The third-order valence-corrected chi connectivity index (χ3v) is 3.02. The molecular weight excluding hydrogens is 224 g/mol. The summed E-state index contributed by atoms with van der Waals surface area (Å²) in [6, 6.07) is 5.26. The molecule has 5 heteroatoms. The Balaban J connectivity index is 2.31. The fraction of sp³-hybridized carbons (Fsp3) is 0.455. The van der Waals surface area contributed by atoms with Gasteiger partial charge in [0.25, 0.3) is 0 Å². The number of carboxylic acids is 1. The first-order valence-electron chi connectivity index (χ1n) is 5.24. The van der Waals surface area contributed by atoms with Gasteiger partial charge in [0, 0.05) is 11.9 Å². The average Bonchev–Trinajstić information content (AvgIpc) is 2.29. The van der Waals surface area contributed by atoms with Crippen LogP contribution in [0.15, 0.2) is 29.4 Å². The Morgan fingerprint density at radius 1 is 1.62 bits per heavy atom. The third kappa shape index (κ3) is 4.63. The predicted octanol–water partition coefficient (Wildman–Crippen LogP) is 1.63. The van der Waals surface area contributed by atoms with Gasteiger partial charge < -0.3 is 10.4 Å². The summed E-state index contributed by atoms with van der Waals surface area (Å²) in [5, 5.41) is 12.8. The molecule has 1 aromatic rings. The smallest absolute Gasteiger partial charge is 0.320 e. The molecule has 0 amide bonds. The molecule has 0 fully saturated rings. The first-order valence-corrected chi connectivity index (χ1v) is 6.22. The lowest BCUT2D eigenvalue weighted by Gasteiger charge is -2.12. The van der Waals surface area contributed by atoms with Crippen LogP contribution in [-0.2, 0) is 4.79 Å². The van der Waals surface area contributed by atoms with Crippen molar-refractivity contribution in [3.8, 4) is 0 Å². The van der Waals surface area contributed by atoms with E-state index in [1.807, 2.05) is 25.1 Å². The maximum absolute atomic E-state index is 10.8. The van der Waals surface area contributed by atoms with E-state index in [9.17, 15) is 4.79 Å². The van der Waals surface area contributed by atoms with Gasteiger partial charge in [0.1, 0.15) is 6.04 Å². The van der Waals surface area contributed by atoms with Crippen LogP contribution < -0.4 is 5.32 Å².